The highest BCUT2D eigenvalue weighted by molar-refractivity contribution is 6.95. The first kappa shape index (κ1) is 24.8. The lowest BCUT2D eigenvalue weighted by Crippen LogP contribution is -2.63. The van der Waals surface area contributed by atoms with Crippen LogP contribution >= 0.6 is 0 Å². The Bertz CT molecular complexity index is 364. The molecule has 0 aliphatic rings. The molecule has 0 saturated heterocycles. The number of allylic oxidation sites excluding steroid dienone is 2. The van der Waals surface area contributed by atoms with Crippen molar-refractivity contribution < 1.29 is 17.7 Å². The zero-order chi connectivity index (χ0) is 19.4. The summed E-state index contributed by atoms with van der Waals surface area (Å²) in [6.07, 6.45) is 11.2. The molecule has 0 atom stereocenters. The monoisotopic (exact) mass is 388 g/mol. The second kappa shape index (κ2) is 12.2. The summed E-state index contributed by atoms with van der Waals surface area (Å²) in [4.78, 5) is 0. The highest BCUT2D eigenvalue weighted by Crippen LogP contribution is 2.48. The van der Waals surface area contributed by atoms with Gasteiger partial charge < -0.3 is 17.7 Å². The van der Waals surface area contributed by atoms with Gasteiger partial charge in [0.25, 0.3) is 0 Å². The smallest absolute Gasteiger partial charge is 0.372 e. The molecule has 0 amide bonds. The Balaban J connectivity index is 5.81. The first-order chi connectivity index (χ1) is 11.9. The van der Waals surface area contributed by atoms with Crippen LogP contribution in [0.1, 0.15) is 66.2 Å². The normalized spacial score (nSPS) is 14.1. The van der Waals surface area contributed by atoms with Gasteiger partial charge in [-0.3, -0.25) is 0 Å². The Hall–Kier alpha value is -0.246. The molecule has 4 nitrogen and oxygen atoms in total. The minimum Gasteiger partial charge on any atom is -0.394 e. The van der Waals surface area contributed by atoms with Gasteiger partial charge in [-0.25, -0.2) is 0 Å². The van der Waals surface area contributed by atoms with Gasteiger partial charge in [-0.1, -0.05) is 65.5 Å². The molecule has 0 fully saturated rings. The zero-order valence-electron chi connectivity index (χ0n) is 17.7. The second-order valence-electron chi connectivity index (χ2n) is 6.87. The molecule has 0 aliphatic heterocycles. The van der Waals surface area contributed by atoms with Gasteiger partial charge in [-0.05, 0) is 24.2 Å². The van der Waals surface area contributed by atoms with Crippen molar-refractivity contribution in [3.8, 4) is 0 Å². The number of hydrogen-bond acceptors (Lipinski definition) is 4. The molecule has 0 rings (SSSR count). The van der Waals surface area contributed by atoms with Crippen LogP contribution in [-0.4, -0.2) is 45.6 Å². The Kier molecular flexibility index (Phi) is 12.1. The lowest BCUT2D eigenvalue weighted by Gasteiger charge is -2.47. The van der Waals surface area contributed by atoms with Gasteiger partial charge in [0.05, 0.1) is 4.66 Å². The molecule has 0 aliphatic carbocycles. The summed E-state index contributed by atoms with van der Waals surface area (Å²) in [7, 11) is 1.60. The summed E-state index contributed by atoms with van der Waals surface area (Å²) in [5, 5.41) is 0. The van der Waals surface area contributed by atoms with Crippen molar-refractivity contribution in [2.24, 2.45) is 0 Å². The third-order valence-electron chi connectivity index (χ3n) is 5.08. The maximum atomic E-state index is 6.04. The second-order valence-corrected chi connectivity index (χ2v) is 14.8. The quantitative estimate of drug-likeness (QED) is 0.297. The molecule has 0 bridgehead atoms. The third-order valence-corrected chi connectivity index (χ3v) is 14.4. The molecule has 0 unspecified atom stereocenters. The third kappa shape index (κ3) is 5.87. The van der Waals surface area contributed by atoms with Gasteiger partial charge in [-0.2, -0.15) is 0 Å². The van der Waals surface area contributed by atoms with Crippen LogP contribution in [0.15, 0.2) is 23.6 Å². The lowest BCUT2D eigenvalue weighted by atomic mass is 10.2. The summed E-state index contributed by atoms with van der Waals surface area (Å²) < 4.78 is 23.8. The summed E-state index contributed by atoms with van der Waals surface area (Å²) in [6, 6.07) is 0. The van der Waals surface area contributed by atoms with Crippen LogP contribution in [0.3, 0.4) is 0 Å². The molecule has 0 saturated carbocycles. The average Bonchev–Trinajstić information content (AvgIpc) is 2.62. The van der Waals surface area contributed by atoms with E-state index < -0.39 is 17.1 Å². The fourth-order valence-electron chi connectivity index (χ4n) is 3.24. The Morgan fingerprint density at radius 2 is 1.00 bits per heavy atom. The average molecular weight is 389 g/mol. The van der Waals surface area contributed by atoms with Gasteiger partial charge >= 0.3 is 17.1 Å². The van der Waals surface area contributed by atoms with E-state index in [1.54, 1.807) is 28.4 Å². The van der Waals surface area contributed by atoms with Crippen LogP contribution in [-0.2, 0) is 17.7 Å². The van der Waals surface area contributed by atoms with E-state index in [2.05, 4.69) is 51.2 Å². The van der Waals surface area contributed by atoms with E-state index in [9.17, 15) is 0 Å². The highest BCUT2D eigenvalue weighted by atomic mass is 28.4. The minimum absolute atomic E-state index is 0.363. The van der Waals surface area contributed by atoms with Crippen molar-refractivity contribution in [1.82, 2.24) is 0 Å². The van der Waals surface area contributed by atoms with E-state index in [0.717, 1.165) is 12.8 Å². The molecule has 0 aromatic heterocycles. The predicted octanol–water partition coefficient (Wildman–Crippen LogP) is 5.35. The summed E-state index contributed by atoms with van der Waals surface area (Å²) in [5.74, 6) is 0. The SMILES string of the molecule is CCCCC=C[Si](OC)(OC)C(C)(C)[Si](C=CCCCC)(OC)OC. The molecular formula is C19H40O4Si2. The topological polar surface area (TPSA) is 36.9 Å². The van der Waals surface area contributed by atoms with Crippen LogP contribution in [0.4, 0.5) is 0 Å². The molecule has 0 aromatic carbocycles. The molecule has 0 aromatic rings. The number of unbranched alkanes of at least 4 members (excludes halogenated alkanes) is 4. The minimum atomic E-state index is -2.69. The van der Waals surface area contributed by atoms with Crippen molar-refractivity contribution in [2.75, 3.05) is 28.4 Å². The van der Waals surface area contributed by atoms with Gasteiger partial charge in [0.15, 0.2) is 0 Å². The Labute approximate surface area is 158 Å². The maximum Gasteiger partial charge on any atom is 0.372 e. The molecule has 25 heavy (non-hydrogen) atoms. The summed E-state index contributed by atoms with van der Waals surface area (Å²) >= 11 is 0. The van der Waals surface area contributed by atoms with Crippen molar-refractivity contribution in [2.45, 2.75) is 70.9 Å². The number of rotatable bonds is 14. The maximum absolute atomic E-state index is 6.04. The van der Waals surface area contributed by atoms with Gasteiger partial charge in [0.2, 0.25) is 0 Å². The fourth-order valence-corrected chi connectivity index (χ4v) is 11.6. The molecular weight excluding hydrogens is 348 g/mol. The van der Waals surface area contributed by atoms with Crippen molar-refractivity contribution in [3.05, 3.63) is 23.6 Å². The van der Waals surface area contributed by atoms with Crippen LogP contribution in [0.5, 0.6) is 0 Å². The molecule has 0 radical (unpaired) electrons. The van der Waals surface area contributed by atoms with Crippen molar-refractivity contribution >= 4 is 17.1 Å². The summed E-state index contributed by atoms with van der Waals surface area (Å²) in [6.45, 7) is 8.73. The van der Waals surface area contributed by atoms with Crippen molar-refractivity contribution in [1.29, 1.82) is 0 Å². The lowest BCUT2D eigenvalue weighted by molar-refractivity contribution is 0.197. The Morgan fingerprint density at radius 3 is 1.24 bits per heavy atom. The van der Waals surface area contributed by atoms with E-state index in [1.807, 2.05) is 0 Å². The van der Waals surface area contributed by atoms with Gasteiger partial charge in [0, 0.05) is 28.4 Å². The van der Waals surface area contributed by atoms with Crippen LogP contribution in [0.2, 0.25) is 4.66 Å². The van der Waals surface area contributed by atoms with Crippen LogP contribution in [0.25, 0.3) is 0 Å². The highest BCUT2D eigenvalue weighted by Gasteiger charge is 2.64. The summed E-state index contributed by atoms with van der Waals surface area (Å²) in [5.41, 5.74) is 4.34. The van der Waals surface area contributed by atoms with Crippen molar-refractivity contribution in [3.63, 3.8) is 0 Å². The fraction of sp³-hybridized carbons (Fsp3) is 0.789. The molecule has 148 valence electrons. The predicted molar refractivity (Wildman–Crippen MR) is 111 cm³/mol. The first-order valence-electron chi connectivity index (χ1n) is 9.42. The Morgan fingerprint density at radius 1 is 0.680 bits per heavy atom. The molecule has 0 heterocycles. The largest absolute Gasteiger partial charge is 0.394 e. The zero-order valence-corrected chi connectivity index (χ0v) is 19.7. The van der Waals surface area contributed by atoms with E-state index in [1.165, 1.54) is 25.7 Å². The van der Waals surface area contributed by atoms with Crippen LogP contribution < -0.4 is 0 Å². The van der Waals surface area contributed by atoms with Gasteiger partial charge in [-0.15, -0.1) is 0 Å². The van der Waals surface area contributed by atoms with Gasteiger partial charge in [0.1, 0.15) is 0 Å². The van der Waals surface area contributed by atoms with E-state index in [4.69, 9.17) is 17.7 Å². The van der Waals surface area contributed by atoms with E-state index >= 15 is 0 Å². The van der Waals surface area contributed by atoms with E-state index in [0.29, 0.717) is 0 Å². The molecule has 6 heteroatoms. The molecule has 0 N–H and O–H groups in total. The number of hydrogen-bond donors (Lipinski definition) is 0. The standard InChI is InChI=1S/C19H40O4Si2/c1-9-11-13-15-17-24(20-5,21-6)19(3,4)25(22-7,23-8)18-16-14-12-10-2/h15-18H,9-14H2,1-8H3. The van der Waals surface area contributed by atoms with E-state index in [-0.39, 0.29) is 4.66 Å². The molecule has 0 spiro atoms. The first-order valence-corrected chi connectivity index (χ1v) is 13.2. The van der Waals surface area contributed by atoms with Crippen LogP contribution in [0, 0.1) is 0 Å².